The highest BCUT2D eigenvalue weighted by molar-refractivity contribution is 6.05. The van der Waals surface area contributed by atoms with Crippen LogP contribution in [0.3, 0.4) is 0 Å². The fourth-order valence-electron chi connectivity index (χ4n) is 2.12. The van der Waals surface area contributed by atoms with Gasteiger partial charge in [0.2, 0.25) is 0 Å². The zero-order valence-corrected chi connectivity index (χ0v) is 11.6. The summed E-state index contributed by atoms with van der Waals surface area (Å²) in [6.45, 7) is 0.811. The van der Waals surface area contributed by atoms with Crippen molar-refractivity contribution >= 4 is 11.9 Å². The largest absolute Gasteiger partial charge is 0.383 e. The molecule has 5 nitrogen and oxygen atoms in total. The molecule has 0 atom stereocenters. The number of nitrogens with two attached hydrogens (primary N) is 2. The molecule has 0 aromatic rings. The van der Waals surface area contributed by atoms with Crippen LogP contribution >= 0.6 is 0 Å². The second-order valence-electron chi connectivity index (χ2n) is 4.93. The molecule has 2 amide bonds. The minimum Gasteiger partial charge on any atom is -0.383 e. The fraction of sp³-hybridized carbons (Fsp3) is 0.714. The van der Waals surface area contributed by atoms with Crippen molar-refractivity contribution in [3.63, 3.8) is 0 Å². The summed E-state index contributed by atoms with van der Waals surface area (Å²) in [5, 5.41) is 3.64. The molecule has 0 aliphatic carbocycles. The van der Waals surface area contributed by atoms with Crippen molar-refractivity contribution < 1.29 is 4.79 Å². The van der Waals surface area contributed by atoms with Gasteiger partial charge in [0.05, 0.1) is 0 Å². The summed E-state index contributed by atoms with van der Waals surface area (Å²) < 4.78 is 0. The lowest BCUT2D eigenvalue weighted by atomic mass is 10.0. The average molecular weight is 265 g/mol. The van der Waals surface area contributed by atoms with Crippen molar-refractivity contribution in [3.8, 4) is 0 Å². The highest BCUT2D eigenvalue weighted by atomic mass is 16.2. The van der Waals surface area contributed by atoms with E-state index in [0.29, 0.717) is 5.84 Å². The van der Waals surface area contributed by atoms with E-state index in [2.05, 4.69) is 10.3 Å². The van der Waals surface area contributed by atoms with E-state index in [-0.39, 0.29) is 0 Å². The Kier molecular flexibility index (Phi) is 7.89. The third kappa shape index (κ3) is 6.96. The van der Waals surface area contributed by atoms with Gasteiger partial charge in [-0.3, -0.25) is 0 Å². The van der Waals surface area contributed by atoms with Crippen molar-refractivity contribution in [2.24, 2.45) is 16.5 Å². The molecule has 5 heteroatoms. The Morgan fingerprint density at radius 2 is 1.53 bits per heavy atom. The van der Waals surface area contributed by atoms with Crippen molar-refractivity contribution in [2.45, 2.75) is 57.8 Å². The number of hydrogen-bond donors (Lipinski definition) is 2. The fourth-order valence-corrected chi connectivity index (χ4v) is 2.12. The summed E-state index contributed by atoms with van der Waals surface area (Å²) in [5.41, 5.74) is 12.0. The van der Waals surface area contributed by atoms with Crippen LogP contribution in [0.25, 0.3) is 0 Å². The smallest absolute Gasteiger partial charge is 0.368 e. The normalized spacial score (nSPS) is 14.9. The number of nitrogens with zero attached hydrogens (tertiary/aromatic N) is 2. The number of carbonyl (C=O) groups is 1. The molecule has 19 heavy (non-hydrogen) atoms. The van der Waals surface area contributed by atoms with Gasteiger partial charge in [0.25, 0.3) is 0 Å². The van der Waals surface area contributed by atoms with Crippen molar-refractivity contribution in [1.82, 2.24) is 5.32 Å². The summed E-state index contributed by atoms with van der Waals surface area (Å²) in [6, 6.07) is -0.501. The van der Waals surface area contributed by atoms with E-state index in [1.54, 1.807) is 6.20 Å². The number of amides is 2. The Morgan fingerprint density at radius 3 is 2.11 bits per heavy atom. The van der Waals surface area contributed by atoms with Gasteiger partial charge in [0.1, 0.15) is 5.84 Å². The SMILES string of the molecule is NCCCCCCCCCCC1=C[N]C(=O)N=C1N. The minimum atomic E-state index is -0.501. The number of unbranched alkanes of at least 4 members (excludes halogenated alkanes) is 7. The Balaban J connectivity index is 1.97. The standard InChI is InChI=1S/C14H25N4O/c15-10-8-6-4-2-1-3-5-7-9-12-11-17-14(19)18-13(12)16/h11H,1-10,15H2,(H2,16,18,19). The molecule has 0 aromatic carbocycles. The number of hydrogen-bond acceptors (Lipinski definition) is 3. The van der Waals surface area contributed by atoms with Crippen molar-refractivity contribution in [3.05, 3.63) is 11.8 Å². The number of aliphatic imine (C=N–C) groups is 1. The molecule has 107 valence electrons. The van der Waals surface area contributed by atoms with Gasteiger partial charge >= 0.3 is 6.03 Å². The first-order valence-electron chi connectivity index (χ1n) is 7.22. The molecule has 1 aliphatic heterocycles. The van der Waals surface area contributed by atoms with Gasteiger partial charge in [-0.25, -0.2) is 4.79 Å². The highest BCUT2D eigenvalue weighted by Gasteiger charge is 2.12. The van der Waals surface area contributed by atoms with E-state index in [1.165, 1.54) is 38.5 Å². The zero-order chi connectivity index (χ0) is 13.9. The predicted octanol–water partition coefficient (Wildman–Crippen LogP) is 2.44. The number of urea groups is 1. The van der Waals surface area contributed by atoms with Crippen LogP contribution in [-0.4, -0.2) is 18.4 Å². The van der Waals surface area contributed by atoms with E-state index < -0.39 is 6.03 Å². The third-order valence-corrected chi connectivity index (χ3v) is 3.28. The predicted molar refractivity (Wildman–Crippen MR) is 77.8 cm³/mol. The summed E-state index contributed by atoms with van der Waals surface area (Å²) >= 11 is 0. The lowest BCUT2D eigenvalue weighted by Gasteiger charge is -2.09. The summed E-state index contributed by atoms with van der Waals surface area (Å²) in [4.78, 5) is 14.5. The first-order valence-corrected chi connectivity index (χ1v) is 7.22. The van der Waals surface area contributed by atoms with Crippen molar-refractivity contribution in [1.29, 1.82) is 0 Å². The summed E-state index contributed by atoms with van der Waals surface area (Å²) in [5.74, 6) is 0.335. The third-order valence-electron chi connectivity index (χ3n) is 3.28. The highest BCUT2D eigenvalue weighted by Crippen LogP contribution is 2.14. The molecule has 0 fully saturated rings. The van der Waals surface area contributed by atoms with E-state index in [4.69, 9.17) is 11.5 Å². The zero-order valence-electron chi connectivity index (χ0n) is 11.6. The molecular formula is C14H25N4O. The van der Waals surface area contributed by atoms with Crippen LogP contribution in [-0.2, 0) is 0 Å². The van der Waals surface area contributed by atoms with Crippen LogP contribution in [0.4, 0.5) is 4.79 Å². The Labute approximate surface area is 115 Å². The van der Waals surface area contributed by atoms with Gasteiger partial charge in [0.15, 0.2) is 0 Å². The lowest BCUT2D eigenvalue weighted by Crippen LogP contribution is -2.24. The van der Waals surface area contributed by atoms with E-state index in [1.807, 2.05) is 0 Å². The summed E-state index contributed by atoms with van der Waals surface area (Å²) in [7, 11) is 0. The maximum absolute atomic E-state index is 10.9. The molecule has 0 bridgehead atoms. The van der Waals surface area contributed by atoms with Crippen molar-refractivity contribution in [2.75, 3.05) is 6.54 Å². The maximum atomic E-state index is 10.9. The molecule has 0 saturated heterocycles. The van der Waals surface area contributed by atoms with Crippen LogP contribution in [0.15, 0.2) is 16.8 Å². The summed E-state index contributed by atoms with van der Waals surface area (Å²) in [6.07, 6.45) is 12.2. The van der Waals surface area contributed by atoms with Gasteiger partial charge < -0.3 is 11.5 Å². The van der Waals surface area contributed by atoms with Gasteiger partial charge in [-0.2, -0.15) is 10.3 Å². The second-order valence-corrected chi connectivity index (χ2v) is 4.93. The van der Waals surface area contributed by atoms with Crippen LogP contribution in [0, 0.1) is 0 Å². The molecule has 1 rings (SSSR count). The van der Waals surface area contributed by atoms with Crippen LogP contribution < -0.4 is 16.8 Å². The van der Waals surface area contributed by atoms with E-state index in [0.717, 1.165) is 31.4 Å². The molecule has 1 radical (unpaired) electrons. The molecular weight excluding hydrogens is 240 g/mol. The number of carbonyl (C=O) groups excluding carboxylic acids is 1. The van der Waals surface area contributed by atoms with Crippen LogP contribution in [0.1, 0.15) is 57.8 Å². The quantitative estimate of drug-likeness (QED) is 0.594. The number of rotatable bonds is 10. The minimum absolute atomic E-state index is 0.335. The topological polar surface area (TPSA) is 95.6 Å². The Hall–Kier alpha value is -1.36. The van der Waals surface area contributed by atoms with Gasteiger partial charge in [0, 0.05) is 11.8 Å². The first-order chi connectivity index (χ1) is 9.24. The van der Waals surface area contributed by atoms with Crippen LogP contribution in [0.5, 0.6) is 0 Å². The van der Waals surface area contributed by atoms with E-state index in [9.17, 15) is 4.79 Å². The van der Waals surface area contributed by atoms with Crippen LogP contribution in [0.2, 0.25) is 0 Å². The molecule has 1 aliphatic rings. The lowest BCUT2D eigenvalue weighted by molar-refractivity contribution is 0.251. The Morgan fingerprint density at radius 1 is 0.947 bits per heavy atom. The monoisotopic (exact) mass is 265 g/mol. The second kappa shape index (κ2) is 9.55. The van der Waals surface area contributed by atoms with E-state index >= 15 is 0 Å². The Bertz CT molecular complexity index is 336. The van der Waals surface area contributed by atoms with Gasteiger partial charge in [-0.1, -0.05) is 38.5 Å². The molecule has 0 aromatic heterocycles. The first kappa shape index (κ1) is 15.7. The molecule has 1 heterocycles. The molecule has 0 saturated carbocycles. The molecule has 0 spiro atoms. The number of amidine groups is 1. The van der Waals surface area contributed by atoms with Gasteiger partial charge in [-0.05, 0) is 25.8 Å². The van der Waals surface area contributed by atoms with Gasteiger partial charge in [-0.15, -0.1) is 0 Å². The molecule has 4 N–H and O–H groups in total. The maximum Gasteiger partial charge on any atom is 0.368 e. The molecule has 0 unspecified atom stereocenters. The average Bonchev–Trinajstić information content (AvgIpc) is 2.39.